The number of rotatable bonds is 6. The van der Waals surface area contributed by atoms with Crippen LogP contribution in [0.2, 0.25) is 0 Å². The van der Waals surface area contributed by atoms with E-state index in [1.807, 2.05) is 6.08 Å². The predicted molar refractivity (Wildman–Crippen MR) is 80.6 cm³/mol. The maximum atomic E-state index is 11.9. The van der Waals surface area contributed by atoms with Crippen molar-refractivity contribution in [3.63, 3.8) is 0 Å². The second kappa shape index (κ2) is 7.95. The molecule has 0 spiro atoms. The van der Waals surface area contributed by atoms with E-state index in [-0.39, 0.29) is 18.0 Å². The first-order valence-electron chi connectivity index (χ1n) is 7.03. The number of hydrogen-bond donors (Lipinski definition) is 0. The lowest BCUT2D eigenvalue weighted by Crippen LogP contribution is -2.30. The topological polar surface area (TPSA) is 43.4 Å². The summed E-state index contributed by atoms with van der Waals surface area (Å²) in [6.07, 6.45) is 7.82. The summed E-state index contributed by atoms with van der Waals surface area (Å²) in [5, 5.41) is 0. The molecule has 0 fully saturated rings. The van der Waals surface area contributed by atoms with Crippen molar-refractivity contribution in [2.45, 2.75) is 52.6 Å². The summed E-state index contributed by atoms with van der Waals surface area (Å²) < 4.78 is 4.99. The number of carbonyl (C=O) groups excluding carboxylic acids is 2. The van der Waals surface area contributed by atoms with Gasteiger partial charge in [-0.05, 0) is 46.1 Å². The van der Waals surface area contributed by atoms with Gasteiger partial charge in [0.2, 0.25) is 0 Å². The normalized spacial score (nSPS) is 19.9. The molecule has 0 saturated carbocycles. The fourth-order valence-electron chi connectivity index (χ4n) is 2.09. The third-order valence-electron chi connectivity index (χ3n) is 3.41. The van der Waals surface area contributed by atoms with Crippen molar-refractivity contribution in [1.82, 2.24) is 0 Å². The Morgan fingerprint density at radius 1 is 1.30 bits per heavy atom. The fourth-order valence-corrected chi connectivity index (χ4v) is 2.09. The molecule has 3 heteroatoms. The van der Waals surface area contributed by atoms with Crippen LogP contribution in [0.4, 0.5) is 0 Å². The maximum Gasteiger partial charge on any atom is 0.185 e. The van der Waals surface area contributed by atoms with Gasteiger partial charge in [0.25, 0.3) is 0 Å². The second-order valence-corrected chi connectivity index (χ2v) is 5.50. The van der Waals surface area contributed by atoms with E-state index in [9.17, 15) is 9.59 Å². The molecule has 0 amide bonds. The van der Waals surface area contributed by atoms with Gasteiger partial charge in [0.15, 0.2) is 11.6 Å². The fraction of sp³-hybridized carbons (Fsp3) is 0.529. The Bertz CT molecular complexity index is 463. The maximum absolute atomic E-state index is 11.9. The highest BCUT2D eigenvalue weighted by atomic mass is 16.5. The summed E-state index contributed by atoms with van der Waals surface area (Å²) in [7, 11) is 1.46. The Labute approximate surface area is 121 Å². The van der Waals surface area contributed by atoms with Crippen molar-refractivity contribution in [2.24, 2.45) is 0 Å². The third kappa shape index (κ3) is 5.25. The van der Waals surface area contributed by atoms with Crippen LogP contribution < -0.4 is 0 Å². The average Bonchev–Trinajstić information content (AvgIpc) is 2.38. The van der Waals surface area contributed by atoms with E-state index in [1.165, 1.54) is 24.3 Å². The van der Waals surface area contributed by atoms with Gasteiger partial charge in [-0.15, -0.1) is 0 Å². The van der Waals surface area contributed by atoms with E-state index < -0.39 is 6.10 Å². The first kappa shape index (κ1) is 16.6. The molecule has 110 valence electrons. The molecule has 0 aromatic heterocycles. The van der Waals surface area contributed by atoms with Gasteiger partial charge in [0.1, 0.15) is 6.10 Å². The smallest absolute Gasteiger partial charge is 0.185 e. The molecule has 1 aliphatic carbocycles. The number of hydrogen-bond acceptors (Lipinski definition) is 3. The highest BCUT2D eigenvalue weighted by molar-refractivity contribution is 6.10. The number of Topliss-reactive ketones (excluding diaryl/α,β-unsaturated/α-hetero) is 1. The molecule has 1 atom stereocenters. The van der Waals surface area contributed by atoms with Gasteiger partial charge in [-0.3, -0.25) is 9.59 Å². The van der Waals surface area contributed by atoms with E-state index in [4.69, 9.17) is 4.74 Å². The quantitative estimate of drug-likeness (QED) is 0.697. The van der Waals surface area contributed by atoms with Crippen LogP contribution in [0.3, 0.4) is 0 Å². The lowest BCUT2D eigenvalue weighted by molar-refractivity contribution is -0.131. The molecular formula is C17H24O3. The molecule has 1 rings (SSSR count). The van der Waals surface area contributed by atoms with E-state index in [0.29, 0.717) is 12.0 Å². The zero-order chi connectivity index (χ0) is 15.1. The summed E-state index contributed by atoms with van der Waals surface area (Å²) in [5.41, 5.74) is 3.17. The van der Waals surface area contributed by atoms with Crippen molar-refractivity contribution >= 4 is 11.6 Å². The van der Waals surface area contributed by atoms with E-state index in [0.717, 1.165) is 12.8 Å². The lowest BCUT2D eigenvalue weighted by Gasteiger charge is -2.17. The lowest BCUT2D eigenvalue weighted by atomic mass is 9.92. The van der Waals surface area contributed by atoms with Crippen LogP contribution in [0.5, 0.6) is 0 Å². The van der Waals surface area contributed by atoms with Crippen LogP contribution in [-0.2, 0) is 14.3 Å². The van der Waals surface area contributed by atoms with Crippen molar-refractivity contribution in [2.75, 3.05) is 7.11 Å². The monoisotopic (exact) mass is 276 g/mol. The molecular weight excluding hydrogens is 252 g/mol. The Morgan fingerprint density at radius 2 is 2.00 bits per heavy atom. The van der Waals surface area contributed by atoms with Crippen molar-refractivity contribution in [1.29, 1.82) is 0 Å². The zero-order valence-electron chi connectivity index (χ0n) is 12.9. The van der Waals surface area contributed by atoms with Crippen LogP contribution in [0.25, 0.3) is 0 Å². The number of methoxy groups -OCH3 is 1. The van der Waals surface area contributed by atoms with Crippen LogP contribution in [0, 0.1) is 0 Å². The second-order valence-electron chi connectivity index (χ2n) is 5.50. The molecule has 1 aliphatic rings. The van der Waals surface area contributed by atoms with E-state index in [1.54, 1.807) is 0 Å². The molecule has 3 nitrogen and oxygen atoms in total. The summed E-state index contributed by atoms with van der Waals surface area (Å²) in [5.74, 6) is -0.0810. The Morgan fingerprint density at radius 3 is 2.60 bits per heavy atom. The molecule has 0 saturated heterocycles. The van der Waals surface area contributed by atoms with Gasteiger partial charge in [0.05, 0.1) is 0 Å². The largest absolute Gasteiger partial charge is 0.373 e. The van der Waals surface area contributed by atoms with Crippen LogP contribution in [-0.4, -0.2) is 24.8 Å². The Hall–Kier alpha value is -1.48. The molecule has 0 heterocycles. The number of ether oxygens (including phenoxy) is 1. The van der Waals surface area contributed by atoms with Crippen LogP contribution in [0.1, 0.15) is 46.5 Å². The Kier molecular flexibility index (Phi) is 6.59. The summed E-state index contributed by atoms with van der Waals surface area (Å²) in [4.78, 5) is 23.6. The van der Waals surface area contributed by atoms with Crippen LogP contribution in [0.15, 0.2) is 34.9 Å². The standard InChI is InChI=1S/C17H24O3/c1-12(2)6-5-7-13(3)8-9-14-10-16(19)17(20-4)11-15(14)18/h6,8,10,17H,5,7,9,11H2,1-4H3/b13-8+. The molecule has 20 heavy (non-hydrogen) atoms. The van der Waals surface area contributed by atoms with Gasteiger partial charge >= 0.3 is 0 Å². The van der Waals surface area contributed by atoms with Crippen molar-refractivity contribution < 1.29 is 14.3 Å². The molecule has 0 aromatic rings. The SMILES string of the molecule is COC1CC(=O)C(C/C=C(\C)CCC=C(C)C)=CC1=O. The number of allylic oxidation sites excluding steroid dienone is 5. The van der Waals surface area contributed by atoms with Gasteiger partial charge in [-0.25, -0.2) is 0 Å². The summed E-state index contributed by atoms with van der Waals surface area (Å²) in [6, 6.07) is 0. The van der Waals surface area contributed by atoms with Gasteiger partial charge in [0, 0.05) is 19.1 Å². The molecule has 0 radical (unpaired) electrons. The van der Waals surface area contributed by atoms with Gasteiger partial charge < -0.3 is 4.74 Å². The average molecular weight is 276 g/mol. The van der Waals surface area contributed by atoms with Crippen molar-refractivity contribution in [3.05, 3.63) is 34.9 Å². The predicted octanol–water partition coefficient (Wildman–Crippen LogP) is 3.55. The number of carbonyl (C=O) groups is 2. The van der Waals surface area contributed by atoms with Gasteiger partial charge in [-0.2, -0.15) is 0 Å². The minimum Gasteiger partial charge on any atom is -0.373 e. The Balaban J connectivity index is 2.58. The highest BCUT2D eigenvalue weighted by Crippen LogP contribution is 2.19. The minimum absolute atomic E-state index is 0.0183. The minimum atomic E-state index is -0.589. The molecule has 0 N–H and O–H groups in total. The molecule has 0 aliphatic heterocycles. The highest BCUT2D eigenvalue weighted by Gasteiger charge is 2.27. The molecule has 0 aromatic carbocycles. The summed E-state index contributed by atoms with van der Waals surface area (Å²) >= 11 is 0. The van der Waals surface area contributed by atoms with Crippen LogP contribution >= 0.6 is 0 Å². The summed E-state index contributed by atoms with van der Waals surface area (Å²) in [6.45, 7) is 6.23. The third-order valence-corrected chi connectivity index (χ3v) is 3.41. The van der Waals surface area contributed by atoms with Crippen molar-refractivity contribution in [3.8, 4) is 0 Å². The first-order valence-corrected chi connectivity index (χ1v) is 7.03. The molecule has 0 bridgehead atoms. The van der Waals surface area contributed by atoms with E-state index >= 15 is 0 Å². The number of ketones is 2. The zero-order valence-corrected chi connectivity index (χ0v) is 12.9. The van der Waals surface area contributed by atoms with Gasteiger partial charge in [-0.1, -0.05) is 23.3 Å². The molecule has 1 unspecified atom stereocenters. The first-order chi connectivity index (χ1) is 9.43. The van der Waals surface area contributed by atoms with E-state index in [2.05, 4.69) is 26.8 Å².